The van der Waals surface area contributed by atoms with Gasteiger partial charge in [-0.25, -0.2) is 4.98 Å². The van der Waals surface area contributed by atoms with Crippen LogP contribution in [0.4, 0.5) is 4.39 Å². The normalized spacial score (nSPS) is 13.1. The van der Waals surface area contributed by atoms with Crippen molar-refractivity contribution in [2.75, 3.05) is 0 Å². The van der Waals surface area contributed by atoms with E-state index in [-0.39, 0.29) is 5.56 Å². The summed E-state index contributed by atoms with van der Waals surface area (Å²) in [5, 5.41) is 0.326. The van der Waals surface area contributed by atoms with Crippen molar-refractivity contribution in [1.82, 2.24) is 4.98 Å². The lowest BCUT2D eigenvalue weighted by molar-refractivity contribution is 0.553. The van der Waals surface area contributed by atoms with Gasteiger partial charge in [-0.05, 0) is 13.0 Å². The molecule has 1 aromatic heterocycles. The van der Waals surface area contributed by atoms with E-state index in [0.717, 1.165) is 0 Å². The highest BCUT2D eigenvalue weighted by Crippen LogP contribution is 2.21. The lowest BCUT2D eigenvalue weighted by Crippen LogP contribution is -2.09. The van der Waals surface area contributed by atoms with Crippen LogP contribution in [-0.2, 0) is 0 Å². The summed E-state index contributed by atoms with van der Waals surface area (Å²) in [7, 11) is 0. The predicted molar refractivity (Wildman–Crippen MR) is 41.8 cm³/mol. The zero-order chi connectivity index (χ0) is 8.43. The van der Waals surface area contributed by atoms with Crippen LogP contribution in [-0.4, -0.2) is 4.98 Å². The summed E-state index contributed by atoms with van der Waals surface area (Å²) in [6.07, 6.45) is 1.31. The van der Waals surface area contributed by atoms with E-state index in [9.17, 15) is 4.39 Å². The number of rotatable bonds is 1. The van der Waals surface area contributed by atoms with Gasteiger partial charge in [0.2, 0.25) is 5.95 Å². The van der Waals surface area contributed by atoms with Crippen LogP contribution in [0.25, 0.3) is 0 Å². The topological polar surface area (TPSA) is 38.9 Å². The van der Waals surface area contributed by atoms with E-state index in [1.54, 1.807) is 6.92 Å². The molecule has 0 aliphatic heterocycles. The monoisotopic (exact) mass is 174 g/mol. The SMILES string of the molecule is CC(N)c1c(Cl)ccnc1F. The number of aromatic nitrogens is 1. The van der Waals surface area contributed by atoms with E-state index < -0.39 is 12.0 Å². The molecule has 1 heterocycles. The number of nitrogens with zero attached hydrogens (tertiary/aromatic N) is 1. The molecule has 0 aliphatic carbocycles. The summed E-state index contributed by atoms with van der Waals surface area (Å²) < 4.78 is 12.8. The Morgan fingerprint density at radius 3 is 2.73 bits per heavy atom. The highest BCUT2D eigenvalue weighted by atomic mass is 35.5. The average Bonchev–Trinajstić information content (AvgIpc) is 1.85. The van der Waals surface area contributed by atoms with E-state index in [2.05, 4.69) is 4.98 Å². The molecule has 0 radical (unpaired) electrons. The Morgan fingerprint density at radius 1 is 1.73 bits per heavy atom. The van der Waals surface area contributed by atoms with Crippen LogP contribution >= 0.6 is 11.6 Å². The number of hydrogen-bond donors (Lipinski definition) is 1. The van der Waals surface area contributed by atoms with Crippen LogP contribution in [0.1, 0.15) is 18.5 Å². The lowest BCUT2D eigenvalue weighted by atomic mass is 10.1. The van der Waals surface area contributed by atoms with E-state index in [1.807, 2.05) is 0 Å². The van der Waals surface area contributed by atoms with Crippen LogP contribution in [0.15, 0.2) is 12.3 Å². The summed E-state index contributed by atoms with van der Waals surface area (Å²) in [5.74, 6) is -0.590. The molecule has 1 aromatic rings. The number of hydrogen-bond acceptors (Lipinski definition) is 2. The highest BCUT2D eigenvalue weighted by Gasteiger charge is 2.11. The molecule has 2 N–H and O–H groups in total. The lowest BCUT2D eigenvalue weighted by Gasteiger charge is -2.07. The molecule has 1 rings (SSSR count). The van der Waals surface area contributed by atoms with Gasteiger partial charge in [-0.1, -0.05) is 11.6 Å². The number of halogens is 2. The predicted octanol–water partition coefficient (Wildman–Crippen LogP) is 1.89. The Bertz CT molecular complexity index is 242. The first-order chi connectivity index (χ1) is 5.13. The molecule has 1 unspecified atom stereocenters. The third kappa shape index (κ3) is 1.67. The first kappa shape index (κ1) is 8.43. The maximum atomic E-state index is 12.8. The molecule has 4 heteroatoms. The van der Waals surface area contributed by atoms with Crippen molar-refractivity contribution in [3.63, 3.8) is 0 Å². The summed E-state index contributed by atoms with van der Waals surface area (Å²) in [6.45, 7) is 1.66. The van der Waals surface area contributed by atoms with E-state index in [1.165, 1.54) is 12.3 Å². The van der Waals surface area contributed by atoms with Gasteiger partial charge in [0.1, 0.15) is 0 Å². The quantitative estimate of drug-likeness (QED) is 0.661. The third-order valence-corrected chi connectivity index (χ3v) is 1.67. The summed E-state index contributed by atoms with van der Waals surface area (Å²) >= 11 is 5.66. The molecular formula is C7H8ClFN2. The Hall–Kier alpha value is -0.670. The third-order valence-electron chi connectivity index (χ3n) is 1.34. The summed E-state index contributed by atoms with van der Waals surface area (Å²) in [6, 6.07) is 1.10. The van der Waals surface area contributed by atoms with Gasteiger partial charge in [-0.2, -0.15) is 4.39 Å². The van der Waals surface area contributed by atoms with Gasteiger partial charge >= 0.3 is 0 Å². The average molecular weight is 175 g/mol. The van der Waals surface area contributed by atoms with Gasteiger partial charge in [-0.3, -0.25) is 0 Å². The van der Waals surface area contributed by atoms with Crippen molar-refractivity contribution >= 4 is 11.6 Å². The second-order valence-corrected chi connectivity index (χ2v) is 2.69. The van der Waals surface area contributed by atoms with Crippen molar-refractivity contribution in [3.8, 4) is 0 Å². The van der Waals surface area contributed by atoms with E-state index in [0.29, 0.717) is 5.02 Å². The molecule has 0 saturated carbocycles. The minimum Gasteiger partial charge on any atom is -0.324 e. The smallest absolute Gasteiger partial charge is 0.219 e. The Morgan fingerprint density at radius 2 is 2.36 bits per heavy atom. The van der Waals surface area contributed by atoms with Gasteiger partial charge in [0.15, 0.2) is 0 Å². The van der Waals surface area contributed by atoms with Crippen LogP contribution < -0.4 is 5.73 Å². The Balaban J connectivity index is 3.21. The first-order valence-corrected chi connectivity index (χ1v) is 3.56. The van der Waals surface area contributed by atoms with Crippen molar-refractivity contribution < 1.29 is 4.39 Å². The van der Waals surface area contributed by atoms with Crippen molar-refractivity contribution in [2.45, 2.75) is 13.0 Å². The van der Waals surface area contributed by atoms with Gasteiger partial charge in [0, 0.05) is 17.8 Å². The maximum Gasteiger partial charge on any atom is 0.219 e. The zero-order valence-corrected chi connectivity index (χ0v) is 6.77. The van der Waals surface area contributed by atoms with Gasteiger partial charge in [-0.15, -0.1) is 0 Å². The molecular weight excluding hydrogens is 167 g/mol. The first-order valence-electron chi connectivity index (χ1n) is 3.18. The molecule has 0 amide bonds. The van der Waals surface area contributed by atoms with Crippen LogP contribution in [0.3, 0.4) is 0 Å². The van der Waals surface area contributed by atoms with Crippen molar-refractivity contribution in [3.05, 3.63) is 28.8 Å². The Labute approximate surface area is 69.2 Å². The standard InChI is InChI=1S/C7H8ClFN2/c1-4(10)6-5(8)2-3-11-7(6)9/h2-4H,10H2,1H3. The maximum absolute atomic E-state index is 12.8. The van der Waals surface area contributed by atoms with Crippen LogP contribution in [0.2, 0.25) is 5.02 Å². The number of pyridine rings is 1. The molecule has 2 nitrogen and oxygen atoms in total. The Kier molecular flexibility index (Phi) is 2.42. The van der Waals surface area contributed by atoms with Crippen LogP contribution in [0.5, 0.6) is 0 Å². The van der Waals surface area contributed by atoms with Crippen molar-refractivity contribution in [2.24, 2.45) is 5.73 Å². The van der Waals surface area contributed by atoms with E-state index >= 15 is 0 Å². The largest absolute Gasteiger partial charge is 0.324 e. The summed E-state index contributed by atoms with van der Waals surface area (Å²) in [4.78, 5) is 3.43. The van der Waals surface area contributed by atoms with E-state index in [4.69, 9.17) is 17.3 Å². The van der Waals surface area contributed by atoms with Gasteiger partial charge < -0.3 is 5.73 Å². The van der Waals surface area contributed by atoms with Gasteiger partial charge in [0.25, 0.3) is 0 Å². The molecule has 0 saturated heterocycles. The second kappa shape index (κ2) is 3.15. The van der Waals surface area contributed by atoms with Crippen molar-refractivity contribution in [1.29, 1.82) is 0 Å². The molecule has 0 aliphatic rings. The van der Waals surface area contributed by atoms with Crippen LogP contribution in [0, 0.1) is 5.95 Å². The number of nitrogens with two attached hydrogens (primary N) is 1. The fourth-order valence-electron chi connectivity index (χ4n) is 0.831. The molecule has 1 atom stereocenters. The molecule has 0 aromatic carbocycles. The molecule has 0 fully saturated rings. The second-order valence-electron chi connectivity index (χ2n) is 2.29. The molecule has 60 valence electrons. The minimum absolute atomic E-state index is 0.272. The zero-order valence-electron chi connectivity index (χ0n) is 6.01. The van der Waals surface area contributed by atoms with Gasteiger partial charge in [0.05, 0.1) is 5.02 Å². The molecule has 0 bridgehead atoms. The fourth-order valence-corrected chi connectivity index (χ4v) is 1.14. The molecule has 0 spiro atoms. The fraction of sp³-hybridized carbons (Fsp3) is 0.286. The summed E-state index contributed by atoms with van der Waals surface area (Å²) in [5.41, 5.74) is 5.72. The highest BCUT2D eigenvalue weighted by molar-refractivity contribution is 6.31. The molecule has 11 heavy (non-hydrogen) atoms. The minimum atomic E-state index is -0.590.